The maximum atomic E-state index is 4.63. The van der Waals surface area contributed by atoms with Crippen LogP contribution in [0, 0.1) is 12.8 Å². The molecule has 1 atom stereocenters. The summed E-state index contributed by atoms with van der Waals surface area (Å²) in [6, 6.07) is 2.02. The SMILES string of the molecule is CCCNc1cc(C)nc(CN(CC)CC(C)CC)n1. The van der Waals surface area contributed by atoms with Crippen LogP contribution in [-0.4, -0.2) is 34.5 Å². The Balaban J connectivity index is 2.71. The Labute approximate surface area is 124 Å². The summed E-state index contributed by atoms with van der Waals surface area (Å²) >= 11 is 0. The highest BCUT2D eigenvalue weighted by molar-refractivity contribution is 5.35. The molecule has 4 nitrogen and oxygen atoms in total. The van der Waals surface area contributed by atoms with E-state index in [0.29, 0.717) is 0 Å². The van der Waals surface area contributed by atoms with Crippen LogP contribution >= 0.6 is 0 Å². The zero-order valence-electron chi connectivity index (χ0n) is 13.7. The summed E-state index contributed by atoms with van der Waals surface area (Å²) in [6.07, 6.45) is 2.32. The van der Waals surface area contributed by atoms with E-state index in [0.717, 1.165) is 55.9 Å². The summed E-state index contributed by atoms with van der Waals surface area (Å²) in [4.78, 5) is 11.6. The minimum absolute atomic E-state index is 0.720. The second-order valence-electron chi connectivity index (χ2n) is 5.58. The predicted molar refractivity (Wildman–Crippen MR) is 86.0 cm³/mol. The summed E-state index contributed by atoms with van der Waals surface area (Å²) in [5.74, 6) is 2.60. The fourth-order valence-corrected chi connectivity index (χ4v) is 2.12. The number of aromatic nitrogens is 2. The lowest BCUT2D eigenvalue weighted by atomic mass is 10.1. The maximum absolute atomic E-state index is 4.63. The highest BCUT2D eigenvalue weighted by Crippen LogP contribution is 2.10. The van der Waals surface area contributed by atoms with E-state index in [1.807, 2.05) is 13.0 Å². The topological polar surface area (TPSA) is 41.1 Å². The lowest BCUT2D eigenvalue weighted by Crippen LogP contribution is -2.29. The monoisotopic (exact) mass is 278 g/mol. The van der Waals surface area contributed by atoms with E-state index >= 15 is 0 Å². The molecule has 114 valence electrons. The smallest absolute Gasteiger partial charge is 0.144 e. The minimum Gasteiger partial charge on any atom is -0.370 e. The fraction of sp³-hybridized carbons (Fsp3) is 0.750. The molecule has 0 aliphatic rings. The first-order valence-electron chi connectivity index (χ1n) is 7.89. The Morgan fingerprint density at radius 3 is 2.60 bits per heavy atom. The molecule has 0 saturated carbocycles. The third-order valence-corrected chi connectivity index (χ3v) is 3.54. The zero-order chi connectivity index (χ0) is 15.0. The molecule has 1 N–H and O–H groups in total. The molecular formula is C16H30N4. The van der Waals surface area contributed by atoms with Crippen molar-refractivity contribution in [3.8, 4) is 0 Å². The number of aryl methyl sites for hydroxylation is 1. The van der Waals surface area contributed by atoms with Crippen LogP contribution < -0.4 is 5.32 Å². The Hall–Kier alpha value is -1.16. The quantitative estimate of drug-likeness (QED) is 0.751. The van der Waals surface area contributed by atoms with E-state index in [1.165, 1.54) is 6.42 Å². The molecule has 0 saturated heterocycles. The van der Waals surface area contributed by atoms with Gasteiger partial charge in [0, 0.05) is 24.8 Å². The van der Waals surface area contributed by atoms with Crippen molar-refractivity contribution < 1.29 is 0 Å². The predicted octanol–water partition coefficient (Wildman–Crippen LogP) is 3.47. The van der Waals surface area contributed by atoms with Crippen molar-refractivity contribution in [3.63, 3.8) is 0 Å². The first kappa shape index (κ1) is 16.9. The third-order valence-electron chi connectivity index (χ3n) is 3.54. The van der Waals surface area contributed by atoms with Gasteiger partial charge in [-0.25, -0.2) is 9.97 Å². The number of hydrogen-bond donors (Lipinski definition) is 1. The summed E-state index contributed by atoms with van der Waals surface area (Å²) in [5.41, 5.74) is 1.04. The van der Waals surface area contributed by atoms with Crippen LogP contribution in [0.2, 0.25) is 0 Å². The summed E-state index contributed by atoms with van der Waals surface area (Å²) in [6.45, 7) is 14.9. The van der Waals surface area contributed by atoms with Gasteiger partial charge in [-0.15, -0.1) is 0 Å². The number of rotatable bonds is 9. The van der Waals surface area contributed by atoms with Gasteiger partial charge in [-0.05, 0) is 25.8 Å². The Morgan fingerprint density at radius 2 is 2.00 bits per heavy atom. The first-order chi connectivity index (χ1) is 9.58. The van der Waals surface area contributed by atoms with Gasteiger partial charge >= 0.3 is 0 Å². The van der Waals surface area contributed by atoms with Gasteiger partial charge in [0.1, 0.15) is 11.6 Å². The molecule has 0 radical (unpaired) electrons. The molecule has 4 heteroatoms. The molecule has 0 bridgehead atoms. The van der Waals surface area contributed by atoms with Gasteiger partial charge in [-0.3, -0.25) is 4.90 Å². The molecule has 0 fully saturated rings. The second kappa shape index (κ2) is 8.90. The maximum Gasteiger partial charge on any atom is 0.144 e. The summed E-state index contributed by atoms with van der Waals surface area (Å²) in [5, 5.41) is 3.35. The Bertz CT molecular complexity index is 392. The van der Waals surface area contributed by atoms with Crippen LogP contribution in [0.25, 0.3) is 0 Å². The molecule has 1 unspecified atom stereocenters. The first-order valence-corrected chi connectivity index (χ1v) is 7.89. The van der Waals surface area contributed by atoms with Crippen molar-refractivity contribution >= 4 is 5.82 Å². The molecule has 1 rings (SSSR count). The van der Waals surface area contributed by atoms with E-state index in [-0.39, 0.29) is 0 Å². The van der Waals surface area contributed by atoms with Gasteiger partial charge in [0.15, 0.2) is 0 Å². The molecule has 0 aliphatic carbocycles. The zero-order valence-corrected chi connectivity index (χ0v) is 13.7. The van der Waals surface area contributed by atoms with Gasteiger partial charge < -0.3 is 5.32 Å². The number of anilines is 1. The third kappa shape index (κ3) is 5.87. The standard InChI is InChI=1S/C16H30N4/c1-6-9-17-15-10-14(5)18-16(19-15)12-20(8-3)11-13(4)7-2/h10,13H,6-9,11-12H2,1-5H3,(H,17,18,19). The Kier molecular flexibility index (Phi) is 7.52. The van der Waals surface area contributed by atoms with Gasteiger partial charge in [0.25, 0.3) is 0 Å². The van der Waals surface area contributed by atoms with Crippen LogP contribution in [0.4, 0.5) is 5.82 Å². The number of nitrogens with one attached hydrogen (secondary N) is 1. The van der Waals surface area contributed by atoms with Gasteiger partial charge in [0.2, 0.25) is 0 Å². The van der Waals surface area contributed by atoms with E-state index in [4.69, 9.17) is 0 Å². The van der Waals surface area contributed by atoms with Crippen molar-refractivity contribution in [3.05, 3.63) is 17.6 Å². The van der Waals surface area contributed by atoms with E-state index in [2.05, 4.69) is 47.9 Å². The van der Waals surface area contributed by atoms with Gasteiger partial charge in [-0.2, -0.15) is 0 Å². The summed E-state index contributed by atoms with van der Waals surface area (Å²) < 4.78 is 0. The van der Waals surface area contributed by atoms with Crippen LogP contribution in [-0.2, 0) is 6.54 Å². The highest BCUT2D eigenvalue weighted by atomic mass is 15.2. The van der Waals surface area contributed by atoms with Crippen LogP contribution in [0.3, 0.4) is 0 Å². The molecule has 1 heterocycles. The van der Waals surface area contributed by atoms with Gasteiger partial charge in [0.05, 0.1) is 6.54 Å². The van der Waals surface area contributed by atoms with Crippen LogP contribution in [0.1, 0.15) is 52.1 Å². The van der Waals surface area contributed by atoms with E-state index < -0.39 is 0 Å². The summed E-state index contributed by atoms with van der Waals surface area (Å²) in [7, 11) is 0. The average molecular weight is 278 g/mol. The van der Waals surface area contributed by atoms with Crippen molar-refractivity contribution in [1.82, 2.24) is 14.9 Å². The molecule has 0 aromatic carbocycles. The lowest BCUT2D eigenvalue weighted by molar-refractivity contribution is 0.232. The average Bonchev–Trinajstić information content (AvgIpc) is 2.43. The van der Waals surface area contributed by atoms with Crippen molar-refractivity contribution in [1.29, 1.82) is 0 Å². The lowest BCUT2D eigenvalue weighted by Gasteiger charge is -2.23. The van der Waals surface area contributed by atoms with E-state index in [9.17, 15) is 0 Å². The minimum atomic E-state index is 0.720. The molecule has 0 spiro atoms. The number of nitrogens with zero attached hydrogens (tertiary/aromatic N) is 3. The highest BCUT2D eigenvalue weighted by Gasteiger charge is 2.10. The molecule has 20 heavy (non-hydrogen) atoms. The van der Waals surface area contributed by atoms with Crippen molar-refractivity contribution in [2.45, 2.75) is 54.0 Å². The molecular weight excluding hydrogens is 248 g/mol. The Morgan fingerprint density at radius 1 is 1.25 bits per heavy atom. The van der Waals surface area contributed by atoms with Gasteiger partial charge in [-0.1, -0.05) is 34.1 Å². The normalized spacial score (nSPS) is 12.7. The number of hydrogen-bond acceptors (Lipinski definition) is 4. The molecule has 1 aromatic rings. The largest absolute Gasteiger partial charge is 0.370 e. The van der Waals surface area contributed by atoms with Crippen molar-refractivity contribution in [2.24, 2.45) is 5.92 Å². The molecule has 1 aromatic heterocycles. The molecule has 0 amide bonds. The van der Waals surface area contributed by atoms with Crippen LogP contribution in [0.15, 0.2) is 6.07 Å². The fourth-order valence-electron chi connectivity index (χ4n) is 2.12. The van der Waals surface area contributed by atoms with E-state index in [1.54, 1.807) is 0 Å². The van der Waals surface area contributed by atoms with Crippen LogP contribution in [0.5, 0.6) is 0 Å². The molecule has 0 aliphatic heterocycles. The van der Waals surface area contributed by atoms with Crippen molar-refractivity contribution in [2.75, 3.05) is 25.0 Å². The second-order valence-corrected chi connectivity index (χ2v) is 5.58.